The van der Waals surface area contributed by atoms with Crippen LogP contribution >= 0.6 is 36.7 Å². The maximum Gasteiger partial charge on any atom is 0.142 e. The molecule has 0 aromatic carbocycles. The van der Waals surface area contributed by atoms with Gasteiger partial charge in [-0.2, -0.15) is 0 Å². The third-order valence-electron chi connectivity index (χ3n) is 4.57. The Balaban J connectivity index is 6.89. The van der Waals surface area contributed by atoms with Crippen molar-refractivity contribution in [2.24, 2.45) is 0 Å². The highest BCUT2D eigenvalue weighted by Gasteiger charge is 2.52. The third kappa shape index (κ3) is 9.47. The standard InChI is InChI=1S/C18H54Cl2N4P2Si6/c1-27(2,3)21(23(29(7,8)9)30(10,11)12)25(19)26(20)22(28(4,5)6)24(31(13,14)15)32(16,17)18/h1-18H3/t25-,26+. The van der Waals surface area contributed by atoms with E-state index in [2.05, 4.69) is 135 Å². The van der Waals surface area contributed by atoms with Crippen LogP contribution in [0, 0.1) is 0 Å². The Hall–Kier alpha value is 2.58. The summed E-state index contributed by atoms with van der Waals surface area (Å²) >= 11 is 15.3. The molecule has 32 heavy (non-hydrogen) atoms. The average Bonchev–Trinajstić information content (AvgIpc) is 2.40. The molecule has 0 aromatic rings. The van der Waals surface area contributed by atoms with Crippen molar-refractivity contribution in [1.82, 2.24) is 17.6 Å². The van der Waals surface area contributed by atoms with Crippen LogP contribution in [0.5, 0.6) is 0 Å². The molecule has 0 fully saturated rings. The van der Waals surface area contributed by atoms with E-state index in [1.807, 2.05) is 0 Å². The van der Waals surface area contributed by atoms with Crippen LogP contribution in [-0.2, 0) is 0 Å². The summed E-state index contributed by atoms with van der Waals surface area (Å²) in [6, 6.07) is 0. The first-order valence-electron chi connectivity index (χ1n) is 11.7. The Kier molecular flexibility index (Phi) is 12.0. The molecule has 0 aliphatic rings. The summed E-state index contributed by atoms with van der Waals surface area (Å²) in [6.45, 7) is 44.4. The molecular formula is C18H54Cl2N4P2Si6. The minimum absolute atomic E-state index is 1.04. The molecule has 4 nitrogen and oxygen atoms in total. The lowest BCUT2D eigenvalue weighted by atomic mass is 11.8. The minimum atomic E-state index is -1.78. The summed E-state index contributed by atoms with van der Waals surface area (Å²) < 4.78 is 11.1. The van der Waals surface area contributed by atoms with Crippen LogP contribution in [0.4, 0.5) is 0 Å². The second-order valence-electron chi connectivity index (χ2n) is 14.7. The van der Waals surface area contributed by atoms with Gasteiger partial charge in [-0.1, -0.05) is 140 Å². The lowest BCUT2D eigenvalue weighted by Gasteiger charge is -2.60. The number of hydrazine groups is 2. The van der Waals surface area contributed by atoms with Crippen molar-refractivity contribution in [1.29, 1.82) is 0 Å². The van der Waals surface area contributed by atoms with Gasteiger partial charge in [0, 0.05) is 0 Å². The summed E-state index contributed by atoms with van der Waals surface area (Å²) in [5.74, 6) is 0. The molecule has 0 radical (unpaired) electrons. The van der Waals surface area contributed by atoms with Gasteiger partial charge in [-0.05, 0) is 0 Å². The van der Waals surface area contributed by atoms with Crippen molar-refractivity contribution in [3.63, 3.8) is 0 Å². The zero-order valence-electron chi connectivity index (χ0n) is 24.4. The molecule has 14 heteroatoms. The van der Waals surface area contributed by atoms with Gasteiger partial charge in [0.15, 0.2) is 0 Å². The largest absolute Gasteiger partial charge is 0.285 e. The van der Waals surface area contributed by atoms with Crippen LogP contribution in [0.1, 0.15) is 0 Å². The van der Waals surface area contributed by atoms with E-state index in [9.17, 15) is 0 Å². The number of nitrogens with zero attached hydrogens (tertiary/aromatic N) is 4. The maximum atomic E-state index is 7.64. The Labute approximate surface area is 220 Å². The summed E-state index contributed by atoms with van der Waals surface area (Å²) in [5, 5.41) is 0. The fourth-order valence-corrected chi connectivity index (χ4v) is 56.1. The molecule has 0 N–H and O–H groups in total. The molecule has 0 rings (SSSR count). The van der Waals surface area contributed by atoms with Gasteiger partial charge < -0.3 is 0 Å². The van der Waals surface area contributed by atoms with E-state index >= 15 is 0 Å². The first-order chi connectivity index (χ1) is 13.6. The van der Waals surface area contributed by atoms with Crippen LogP contribution in [0.25, 0.3) is 0 Å². The average molecular weight is 628 g/mol. The van der Waals surface area contributed by atoms with Crippen LogP contribution in [-0.4, -0.2) is 67.0 Å². The highest BCUT2D eigenvalue weighted by molar-refractivity contribution is 8.47. The molecule has 0 spiro atoms. The van der Waals surface area contributed by atoms with E-state index in [0.717, 1.165) is 0 Å². The topological polar surface area (TPSA) is 13.0 Å². The van der Waals surface area contributed by atoms with Gasteiger partial charge in [-0.3, -0.25) is 8.68 Å². The molecule has 2 atom stereocenters. The van der Waals surface area contributed by atoms with E-state index in [1.165, 1.54) is 0 Å². The van der Waals surface area contributed by atoms with Gasteiger partial charge in [0.2, 0.25) is 0 Å². The summed E-state index contributed by atoms with van der Waals surface area (Å²) in [7, 11) is -12.2. The summed E-state index contributed by atoms with van der Waals surface area (Å²) in [4.78, 5) is 0. The number of hydrogen-bond acceptors (Lipinski definition) is 4. The Morgan fingerprint density at radius 1 is 0.344 bits per heavy atom. The van der Waals surface area contributed by atoms with Crippen molar-refractivity contribution in [2.45, 2.75) is 118 Å². The monoisotopic (exact) mass is 626 g/mol. The van der Waals surface area contributed by atoms with E-state index < -0.39 is 63.6 Å². The van der Waals surface area contributed by atoms with Gasteiger partial charge in [-0.15, -0.1) is 0 Å². The Morgan fingerprint density at radius 2 is 0.500 bits per heavy atom. The molecule has 0 bridgehead atoms. The van der Waals surface area contributed by atoms with Crippen molar-refractivity contribution in [3.05, 3.63) is 0 Å². The SMILES string of the molecule is C[Si](C)(C)N(N([Si](C)(C)C)[Si](C)(C)C)[P@@](Cl)[P@@](Cl)N(N([Si](C)(C)C)[Si](C)(C)C)[Si](C)(C)C. The fourth-order valence-electron chi connectivity index (χ4n) is 4.53. The van der Waals surface area contributed by atoms with Crippen molar-refractivity contribution >= 4 is 86.1 Å². The normalized spacial score (nSPS) is 17.6. The molecule has 0 aromatic heterocycles. The molecule has 0 aliphatic carbocycles. The smallest absolute Gasteiger partial charge is 0.142 e. The second-order valence-corrected chi connectivity index (χ2v) is 52.3. The highest BCUT2D eigenvalue weighted by atomic mass is 35.7. The van der Waals surface area contributed by atoms with Crippen molar-refractivity contribution in [2.75, 3.05) is 0 Å². The van der Waals surface area contributed by atoms with Crippen LogP contribution in [0.3, 0.4) is 0 Å². The summed E-state index contributed by atoms with van der Waals surface area (Å²) in [6.07, 6.45) is 0. The highest BCUT2D eigenvalue weighted by Crippen LogP contribution is 2.81. The van der Waals surface area contributed by atoms with E-state index in [4.69, 9.17) is 22.5 Å². The number of hydrogen-bond donors (Lipinski definition) is 0. The van der Waals surface area contributed by atoms with Crippen molar-refractivity contribution in [3.8, 4) is 0 Å². The third-order valence-corrected chi connectivity index (χ3v) is 36.6. The predicted molar refractivity (Wildman–Crippen MR) is 173 cm³/mol. The number of rotatable bonds is 11. The van der Waals surface area contributed by atoms with Crippen molar-refractivity contribution < 1.29 is 0 Å². The fraction of sp³-hybridized carbons (Fsp3) is 1.00. The van der Waals surface area contributed by atoms with E-state index in [-0.39, 0.29) is 0 Å². The molecule has 0 aliphatic heterocycles. The lowest BCUT2D eigenvalue weighted by molar-refractivity contribution is 0.379. The molecule has 0 unspecified atom stereocenters. The first kappa shape index (κ1) is 34.6. The zero-order valence-corrected chi connectivity index (χ0v) is 33.7. The molecule has 0 saturated heterocycles. The van der Waals surface area contributed by atoms with Gasteiger partial charge in [-0.25, -0.2) is 8.89 Å². The van der Waals surface area contributed by atoms with Crippen LogP contribution < -0.4 is 0 Å². The zero-order chi connectivity index (χ0) is 26.5. The molecule has 0 amide bonds. The van der Waals surface area contributed by atoms with Crippen LogP contribution in [0.2, 0.25) is 118 Å². The van der Waals surface area contributed by atoms with Gasteiger partial charge in [0.1, 0.15) is 63.6 Å². The maximum absolute atomic E-state index is 7.64. The van der Waals surface area contributed by atoms with E-state index in [1.54, 1.807) is 0 Å². The molecule has 0 heterocycles. The Bertz CT molecular complexity index is 540. The first-order valence-corrected chi connectivity index (χ1v) is 37.5. The van der Waals surface area contributed by atoms with Gasteiger partial charge >= 0.3 is 0 Å². The molecular weight excluding hydrogens is 574 g/mol. The minimum Gasteiger partial charge on any atom is -0.285 e. The molecule has 0 saturated carbocycles. The quantitative estimate of drug-likeness (QED) is 0.128. The Morgan fingerprint density at radius 3 is 0.594 bits per heavy atom. The van der Waals surface area contributed by atoms with Gasteiger partial charge in [0.25, 0.3) is 0 Å². The number of halogens is 2. The van der Waals surface area contributed by atoms with Gasteiger partial charge in [0.05, 0.1) is 0 Å². The molecule has 194 valence electrons. The summed E-state index contributed by atoms with van der Waals surface area (Å²) in [5.41, 5.74) is 0. The predicted octanol–water partition coefficient (Wildman–Crippen LogP) is 10.1. The second kappa shape index (κ2) is 11.1. The van der Waals surface area contributed by atoms with E-state index in [0.29, 0.717) is 0 Å². The lowest BCUT2D eigenvalue weighted by Crippen LogP contribution is -2.71. The van der Waals surface area contributed by atoms with Crippen LogP contribution in [0.15, 0.2) is 0 Å².